The van der Waals surface area contributed by atoms with E-state index in [1.54, 1.807) is 6.92 Å². The number of likely N-dealkylation sites (N-methyl/N-ethyl adjacent to an activating group) is 1. The van der Waals surface area contributed by atoms with Crippen molar-refractivity contribution in [2.45, 2.75) is 6.92 Å². The number of aryl methyl sites for hydroxylation is 1. The Hall–Kier alpha value is -3.33. The van der Waals surface area contributed by atoms with Crippen LogP contribution in [0.2, 0.25) is 0 Å². The summed E-state index contributed by atoms with van der Waals surface area (Å²) in [6, 6.07) is 9.10. The lowest BCUT2D eigenvalue weighted by molar-refractivity contribution is -0.132. The Bertz CT molecular complexity index is 887. The Morgan fingerprint density at radius 1 is 1.10 bits per heavy atom. The van der Waals surface area contributed by atoms with Gasteiger partial charge in [-0.05, 0) is 37.3 Å². The van der Waals surface area contributed by atoms with Gasteiger partial charge >= 0.3 is 0 Å². The monoisotopic (exact) mass is 414 g/mol. The van der Waals surface area contributed by atoms with Gasteiger partial charge in [0.2, 0.25) is 11.8 Å². The molecule has 1 aromatic carbocycles. The van der Waals surface area contributed by atoms with Gasteiger partial charge in [-0.2, -0.15) is 0 Å². The molecule has 2 heterocycles. The van der Waals surface area contributed by atoms with E-state index < -0.39 is 5.91 Å². The number of carbonyl (C=O) groups is 3. The summed E-state index contributed by atoms with van der Waals surface area (Å²) in [5, 5.41) is 5.31. The van der Waals surface area contributed by atoms with E-state index in [-0.39, 0.29) is 24.9 Å². The van der Waals surface area contributed by atoms with Gasteiger partial charge in [-0.1, -0.05) is 0 Å². The highest BCUT2D eigenvalue weighted by molar-refractivity contribution is 5.98. The Kier molecular flexibility index (Phi) is 7.08. The molecule has 1 fully saturated rings. The molecular formula is C21H26N4O5. The maximum atomic E-state index is 12.3. The number of nitrogens with one attached hydrogen (secondary N) is 2. The second-order valence-corrected chi connectivity index (χ2v) is 7.02. The topological polar surface area (TPSA) is 104 Å². The van der Waals surface area contributed by atoms with E-state index in [2.05, 4.69) is 15.5 Å². The Labute approximate surface area is 175 Å². The first-order chi connectivity index (χ1) is 14.4. The summed E-state index contributed by atoms with van der Waals surface area (Å²) in [6.07, 6.45) is 1.41. The van der Waals surface area contributed by atoms with Gasteiger partial charge in [-0.25, -0.2) is 0 Å². The fraction of sp³-hybridized carbons (Fsp3) is 0.381. The third-order valence-electron chi connectivity index (χ3n) is 4.84. The number of hydrogen-bond acceptors (Lipinski definition) is 6. The predicted octanol–water partition coefficient (Wildman–Crippen LogP) is 1.25. The zero-order chi connectivity index (χ0) is 21.5. The molecule has 30 heavy (non-hydrogen) atoms. The maximum absolute atomic E-state index is 12.3. The van der Waals surface area contributed by atoms with Gasteiger partial charge in [-0.3, -0.25) is 14.4 Å². The van der Waals surface area contributed by atoms with Crippen molar-refractivity contribution in [2.75, 3.05) is 56.7 Å². The van der Waals surface area contributed by atoms with Crippen LogP contribution in [0.25, 0.3) is 0 Å². The van der Waals surface area contributed by atoms with Gasteiger partial charge in [0, 0.05) is 31.5 Å². The third kappa shape index (κ3) is 5.60. The van der Waals surface area contributed by atoms with E-state index >= 15 is 0 Å². The lowest BCUT2D eigenvalue weighted by Crippen LogP contribution is -2.41. The number of ether oxygens (including phenoxy) is 1. The summed E-state index contributed by atoms with van der Waals surface area (Å²) in [4.78, 5) is 40.0. The normalized spacial score (nSPS) is 13.6. The van der Waals surface area contributed by atoms with Gasteiger partial charge in [-0.15, -0.1) is 0 Å². The van der Waals surface area contributed by atoms with Crippen molar-refractivity contribution < 1.29 is 23.5 Å². The molecule has 9 nitrogen and oxygen atoms in total. The van der Waals surface area contributed by atoms with Crippen molar-refractivity contribution in [3.63, 3.8) is 0 Å². The smallest absolute Gasteiger partial charge is 0.255 e. The summed E-state index contributed by atoms with van der Waals surface area (Å²) in [7, 11) is 1.51. The van der Waals surface area contributed by atoms with Crippen LogP contribution < -0.4 is 15.5 Å². The van der Waals surface area contributed by atoms with E-state index in [9.17, 15) is 14.4 Å². The average molecular weight is 414 g/mol. The standard InChI is InChI=1S/C21H26N4O5/c1-15-18(7-10-30-15)21(28)22-13-20(27)24(2)14-19(26)23-16-3-5-17(6-4-16)25-8-11-29-12-9-25/h3-7,10H,8-9,11-14H2,1-2H3,(H,22,28)(H,23,26). The van der Waals surface area contributed by atoms with Crippen LogP contribution in [0, 0.1) is 6.92 Å². The SMILES string of the molecule is Cc1occc1C(=O)NCC(=O)N(C)CC(=O)Nc1ccc(N2CCOCC2)cc1. The predicted molar refractivity (Wildman–Crippen MR) is 112 cm³/mol. The molecule has 0 atom stereocenters. The summed E-state index contributed by atoms with van der Waals surface area (Å²) < 4.78 is 10.4. The van der Waals surface area contributed by atoms with Crippen molar-refractivity contribution in [3.05, 3.63) is 47.9 Å². The van der Waals surface area contributed by atoms with Crippen LogP contribution in [-0.2, 0) is 14.3 Å². The van der Waals surface area contributed by atoms with Gasteiger partial charge in [0.05, 0.1) is 38.1 Å². The average Bonchev–Trinajstić information content (AvgIpc) is 3.18. The number of carbonyl (C=O) groups excluding carboxylic acids is 3. The van der Waals surface area contributed by atoms with Crippen LogP contribution >= 0.6 is 0 Å². The van der Waals surface area contributed by atoms with E-state index in [1.807, 2.05) is 24.3 Å². The quantitative estimate of drug-likeness (QED) is 0.707. The molecule has 1 saturated heterocycles. The summed E-state index contributed by atoms with van der Waals surface area (Å²) in [5.41, 5.74) is 2.11. The van der Waals surface area contributed by atoms with Crippen LogP contribution in [0.1, 0.15) is 16.1 Å². The largest absolute Gasteiger partial charge is 0.469 e. The van der Waals surface area contributed by atoms with Crippen LogP contribution in [-0.4, -0.2) is 69.1 Å². The fourth-order valence-electron chi connectivity index (χ4n) is 3.09. The van der Waals surface area contributed by atoms with E-state index in [4.69, 9.17) is 9.15 Å². The van der Waals surface area contributed by atoms with Crippen molar-refractivity contribution >= 4 is 29.1 Å². The molecule has 1 aliphatic rings. The molecule has 0 aliphatic carbocycles. The molecule has 2 aromatic rings. The molecule has 0 radical (unpaired) electrons. The lowest BCUT2D eigenvalue weighted by atomic mass is 10.2. The minimum atomic E-state index is -0.396. The Morgan fingerprint density at radius 3 is 2.43 bits per heavy atom. The van der Waals surface area contributed by atoms with Crippen molar-refractivity contribution in [1.29, 1.82) is 0 Å². The fourth-order valence-corrected chi connectivity index (χ4v) is 3.09. The van der Waals surface area contributed by atoms with Crippen LogP contribution in [0.5, 0.6) is 0 Å². The number of furan rings is 1. The summed E-state index contributed by atoms with van der Waals surface area (Å²) in [5.74, 6) is -0.607. The number of amides is 3. The first-order valence-electron chi connectivity index (χ1n) is 9.73. The van der Waals surface area contributed by atoms with Crippen molar-refractivity contribution in [2.24, 2.45) is 0 Å². The summed E-state index contributed by atoms with van der Waals surface area (Å²) in [6.45, 7) is 4.44. The van der Waals surface area contributed by atoms with E-state index in [1.165, 1.54) is 24.3 Å². The molecule has 1 aromatic heterocycles. The van der Waals surface area contributed by atoms with Crippen LogP contribution in [0.4, 0.5) is 11.4 Å². The molecule has 160 valence electrons. The second kappa shape index (κ2) is 9.93. The third-order valence-corrected chi connectivity index (χ3v) is 4.84. The van der Waals surface area contributed by atoms with E-state index in [0.29, 0.717) is 30.2 Å². The molecule has 2 N–H and O–H groups in total. The number of morpholine rings is 1. The second-order valence-electron chi connectivity index (χ2n) is 7.02. The van der Waals surface area contributed by atoms with Crippen LogP contribution in [0.3, 0.4) is 0 Å². The van der Waals surface area contributed by atoms with Crippen molar-refractivity contribution in [3.8, 4) is 0 Å². The maximum Gasteiger partial charge on any atom is 0.255 e. The molecular weight excluding hydrogens is 388 g/mol. The minimum absolute atomic E-state index is 0.120. The molecule has 3 rings (SSSR count). The van der Waals surface area contributed by atoms with E-state index in [0.717, 1.165) is 18.8 Å². The Morgan fingerprint density at radius 2 is 1.80 bits per heavy atom. The van der Waals surface area contributed by atoms with Gasteiger partial charge in [0.15, 0.2) is 0 Å². The molecule has 0 bridgehead atoms. The van der Waals surface area contributed by atoms with Crippen LogP contribution in [0.15, 0.2) is 41.0 Å². The molecule has 1 aliphatic heterocycles. The zero-order valence-electron chi connectivity index (χ0n) is 17.1. The highest BCUT2D eigenvalue weighted by atomic mass is 16.5. The highest BCUT2D eigenvalue weighted by Crippen LogP contribution is 2.19. The molecule has 0 saturated carbocycles. The van der Waals surface area contributed by atoms with Gasteiger partial charge < -0.3 is 29.6 Å². The number of benzene rings is 1. The Balaban J connectivity index is 1.43. The zero-order valence-corrected chi connectivity index (χ0v) is 17.1. The summed E-state index contributed by atoms with van der Waals surface area (Å²) >= 11 is 0. The molecule has 0 spiro atoms. The number of hydrogen-bond donors (Lipinski definition) is 2. The number of rotatable bonds is 7. The number of anilines is 2. The first kappa shape index (κ1) is 21.4. The molecule has 3 amide bonds. The first-order valence-corrected chi connectivity index (χ1v) is 9.73. The molecule has 9 heteroatoms. The molecule has 0 unspecified atom stereocenters. The highest BCUT2D eigenvalue weighted by Gasteiger charge is 2.17. The van der Waals surface area contributed by atoms with Gasteiger partial charge in [0.25, 0.3) is 5.91 Å². The van der Waals surface area contributed by atoms with Crippen molar-refractivity contribution in [1.82, 2.24) is 10.2 Å². The van der Waals surface area contributed by atoms with Gasteiger partial charge in [0.1, 0.15) is 5.76 Å². The number of nitrogens with zero attached hydrogens (tertiary/aromatic N) is 2. The minimum Gasteiger partial charge on any atom is -0.469 e. The lowest BCUT2D eigenvalue weighted by Gasteiger charge is -2.28.